The van der Waals surface area contributed by atoms with Crippen LogP contribution in [0.4, 0.5) is 5.69 Å². The number of aromatic nitrogens is 3. The fraction of sp³-hybridized carbons (Fsp3) is 0.200. The first kappa shape index (κ1) is 14.0. The molecule has 3 rings (SSSR count). The highest BCUT2D eigenvalue weighted by atomic mass is 16.5. The van der Waals surface area contributed by atoms with E-state index in [1.807, 2.05) is 31.2 Å². The number of carbonyl (C=O) groups excluding carboxylic acids is 1. The lowest BCUT2D eigenvalue weighted by molar-refractivity contribution is -0.115. The van der Waals surface area contributed by atoms with Gasteiger partial charge in [-0.2, -0.15) is 0 Å². The molecule has 0 radical (unpaired) electrons. The summed E-state index contributed by atoms with van der Waals surface area (Å²) in [5.74, 6) is -0.216. The van der Waals surface area contributed by atoms with Gasteiger partial charge in [0.2, 0.25) is 5.91 Å². The van der Waals surface area contributed by atoms with E-state index >= 15 is 0 Å². The van der Waals surface area contributed by atoms with Gasteiger partial charge in [0.15, 0.2) is 5.58 Å². The molecule has 2 aromatic heterocycles. The van der Waals surface area contributed by atoms with Gasteiger partial charge in [-0.1, -0.05) is 17.3 Å². The standard InChI is InChI=1S/C15H14N4O3/c1-2-21-15-16-8-10(9-17-15)18-14(20)7-12-11-5-3-4-6-13(11)22-19-12/h3-6,8-9H,2,7H2,1H3,(H,18,20). The van der Waals surface area contributed by atoms with Crippen molar-refractivity contribution in [3.63, 3.8) is 0 Å². The van der Waals surface area contributed by atoms with Gasteiger partial charge >= 0.3 is 6.01 Å². The molecule has 1 amide bonds. The largest absolute Gasteiger partial charge is 0.464 e. The summed E-state index contributed by atoms with van der Waals surface area (Å²) in [5, 5.41) is 7.48. The van der Waals surface area contributed by atoms with Crippen molar-refractivity contribution in [2.45, 2.75) is 13.3 Å². The van der Waals surface area contributed by atoms with E-state index in [0.717, 1.165) is 5.39 Å². The molecule has 22 heavy (non-hydrogen) atoms. The van der Waals surface area contributed by atoms with Crippen LogP contribution in [0.15, 0.2) is 41.2 Å². The molecular formula is C15H14N4O3. The van der Waals surface area contributed by atoms with Crippen LogP contribution in [0.5, 0.6) is 6.01 Å². The van der Waals surface area contributed by atoms with Crippen molar-refractivity contribution in [2.24, 2.45) is 0 Å². The molecular weight excluding hydrogens is 284 g/mol. The summed E-state index contributed by atoms with van der Waals surface area (Å²) in [7, 11) is 0. The molecule has 0 atom stereocenters. The Morgan fingerprint density at radius 1 is 1.27 bits per heavy atom. The van der Waals surface area contributed by atoms with Crippen molar-refractivity contribution in [3.05, 3.63) is 42.4 Å². The summed E-state index contributed by atoms with van der Waals surface area (Å²) in [5.41, 5.74) is 1.76. The molecule has 2 heterocycles. The van der Waals surface area contributed by atoms with E-state index in [4.69, 9.17) is 9.26 Å². The van der Waals surface area contributed by atoms with Crippen molar-refractivity contribution in [1.82, 2.24) is 15.1 Å². The molecule has 7 heteroatoms. The Labute approximate surface area is 126 Å². The Kier molecular flexibility index (Phi) is 3.95. The Balaban J connectivity index is 1.67. The van der Waals surface area contributed by atoms with Crippen molar-refractivity contribution >= 4 is 22.6 Å². The molecule has 0 aliphatic carbocycles. The van der Waals surface area contributed by atoms with Crippen molar-refractivity contribution in [2.75, 3.05) is 11.9 Å². The lowest BCUT2D eigenvalue weighted by Gasteiger charge is -2.04. The molecule has 0 saturated heterocycles. The lowest BCUT2D eigenvalue weighted by atomic mass is 10.1. The third-order valence-corrected chi connectivity index (χ3v) is 2.97. The van der Waals surface area contributed by atoms with Crippen molar-refractivity contribution < 1.29 is 14.1 Å². The first-order chi connectivity index (χ1) is 10.8. The number of nitrogens with zero attached hydrogens (tertiary/aromatic N) is 3. The zero-order chi connectivity index (χ0) is 15.4. The van der Waals surface area contributed by atoms with E-state index in [0.29, 0.717) is 23.6 Å². The summed E-state index contributed by atoms with van der Waals surface area (Å²) in [6.07, 6.45) is 3.11. The van der Waals surface area contributed by atoms with Gasteiger partial charge in [0.25, 0.3) is 0 Å². The first-order valence-electron chi connectivity index (χ1n) is 6.84. The second kappa shape index (κ2) is 6.21. The monoisotopic (exact) mass is 298 g/mol. The van der Waals surface area contributed by atoms with Crippen LogP contribution < -0.4 is 10.1 Å². The number of para-hydroxylation sites is 1. The van der Waals surface area contributed by atoms with E-state index in [9.17, 15) is 4.79 Å². The highest BCUT2D eigenvalue weighted by Gasteiger charge is 2.12. The number of benzene rings is 1. The number of hydrogen-bond donors (Lipinski definition) is 1. The fourth-order valence-corrected chi connectivity index (χ4v) is 2.01. The van der Waals surface area contributed by atoms with Gasteiger partial charge in [0.1, 0.15) is 5.69 Å². The number of hydrogen-bond acceptors (Lipinski definition) is 6. The van der Waals surface area contributed by atoms with Crippen LogP contribution in [0.2, 0.25) is 0 Å². The number of fused-ring (bicyclic) bond motifs is 1. The first-order valence-corrected chi connectivity index (χ1v) is 6.84. The Morgan fingerprint density at radius 2 is 2.05 bits per heavy atom. The summed E-state index contributed by atoms with van der Waals surface area (Å²) < 4.78 is 10.3. The Morgan fingerprint density at radius 3 is 2.82 bits per heavy atom. The fourth-order valence-electron chi connectivity index (χ4n) is 2.01. The van der Waals surface area contributed by atoms with Gasteiger partial charge in [-0.3, -0.25) is 4.79 Å². The number of ether oxygens (including phenoxy) is 1. The van der Waals surface area contributed by atoms with Gasteiger partial charge in [-0.05, 0) is 19.1 Å². The van der Waals surface area contributed by atoms with Crippen LogP contribution in [0, 0.1) is 0 Å². The molecule has 0 fully saturated rings. The van der Waals surface area contributed by atoms with Gasteiger partial charge in [-0.25, -0.2) is 9.97 Å². The van der Waals surface area contributed by atoms with Crippen LogP contribution in [0.25, 0.3) is 11.0 Å². The summed E-state index contributed by atoms with van der Waals surface area (Å²) in [4.78, 5) is 20.0. The smallest absolute Gasteiger partial charge is 0.316 e. The molecule has 0 spiro atoms. The highest BCUT2D eigenvalue weighted by Crippen LogP contribution is 2.18. The molecule has 0 unspecified atom stereocenters. The zero-order valence-corrected chi connectivity index (χ0v) is 11.9. The van der Waals surface area contributed by atoms with Crippen LogP contribution in [-0.2, 0) is 11.2 Å². The Hall–Kier alpha value is -2.96. The van der Waals surface area contributed by atoms with Gasteiger partial charge in [-0.15, -0.1) is 0 Å². The lowest BCUT2D eigenvalue weighted by Crippen LogP contribution is -2.15. The van der Waals surface area contributed by atoms with E-state index in [1.165, 1.54) is 12.4 Å². The average Bonchev–Trinajstić information content (AvgIpc) is 2.93. The van der Waals surface area contributed by atoms with Gasteiger partial charge in [0.05, 0.1) is 31.1 Å². The van der Waals surface area contributed by atoms with Crippen LogP contribution in [0.3, 0.4) is 0 Å². The molecule has 0 aliphatic heterocycles. The van der Waals surface area contributed by atoms with Crippen molar-refractivity contribution in [3.8, 4) is 6.01 Å². The maximum Gasteiger partial charge on any atom is 0.316 e. The highest BCUT2D eigenvalue weighted by molar-refractivity contribution is 5.94. The number of rotatable bonds is 5. The van der Waals surface area contributed by atoms with E-state index in [2.05, 4.69) is 20.4 Å². The van der Waals surface area contributed by atoms with E-state index < -0.39 is 0 Å². The van der Waals surface area contributed by atoms with Gasteiger partial charge < -0.3 is 14.6 Å². The molecule has 1 aromatic carbocycles. The molecule has 1 N–H and O–H groups in total. The van der Waals surface area contributed by atoms with Crippen LogP contribution >= 0.6 is 0 Å². The van der Waals surface area contributed by atoms with Crippen LogP contribution in [0.1, 0.15) is 12.6 Å². The van der Waals surface area contributed by atoms with E-state index in [-0.39, 0.29) is 18.3 Å². The Bertz CT molecular complexity index is 783. The maximum absolute atomic E-state index is 12.1. The summed E-state index contributed by atoms with van der Waals surface area (Å²) in [6, 6.07) is 7.69. The number of carbonyl (C=O) groups is 1. The molecule has 7 nitrogen and oxygen atoms in total. The topological polar surface area (TPSA) is 90.1 Å². The number of amides is 1. The second-order valence-electron chi connectivity index (χ2n) is 4.54. The summed E-state index contributed by atoms with van der Waals surface area (Å²) in [6.45, 7) is 2.34. The molecule has 112 valence electrons. The van der Waals surface area contributed by atoms with Gasteiger partial charge in [0, 0.05) is 5.39 Å². The minimum atomic E-state index is -0.216. The average molecular weight is 298 g/mol. The molecule has 0 bridgehead atoms. The van der Waals surface area contributed by atoms with Crippen LogP contribution in [-0.4, -0.2) is 27.6 Å². The van der Waals surface area contributed by atoms with Crippen molar-refractivity contribution in [1.29, 1.82) is 0 Å². The minimum Gasteiger partial charge on any atom is -0.464 e. The number of nitrogens with one attached hydrogen (secondary N) is 1. The third kappa shape index (κ3) is 3.03. The molecule has 0 saturated carbocycles. The summed E-state index contributed by atoms with van der Waals surface area (Å²) >= 11 is 0. The minimum absolute atomic E-state index is 0.115. The zero-order valence-electron chi connectivity index (χ0n) is 11.9. The second-order valence-corrected chi connectivity index (χ2v) is 4.54. The molecule has 3 aromatic rings. The normalized spacial score (nSPS) is 10.6. The molecule has 0 aliphatic rings. The third-order valence-electron chi connectivity index (χ3n) is 2.97. The quantitative estimate of drug-likeness (QED) is 0.776. The predicted octanol–water partition coefficient (Wildman–Crippen LogP) is 2.20. The van der Waals surface area contributed by atoms with E-state index in [1.54, 1.807) is 0 Å². The SMILES string of the molecule is CCOc1ncc(NC(=O)Cc2noc3ccccc23)cn1. The number of anilines is 1. The predicted molar refractivity (Wildman–Crippen MR) is 79.5 cm³/mol. The maximum atomic E-state index is 12.1.